The number of carbonyl (C=O) groups is 1. The van der Waals surface area contributed by atoms with Crippen molar-refractivity contribution in [2.75, 3.05) is 32.8 Å². The molecule has 2 aromatic rings. The highest BCUT2D eigenvalue weighted by molar-refractivity contribution is 5.93. The highest BCUT2D eigenvalue weighted by atomic mass is 16.5. The number of benzene rings is 1. The van der Waals surface area contributed by atoms with E-state index < -0.39 is 5.97 Å². The van der Waals surface area contributed by atoms with Crippen LogP contribution in [0.5, 0.6) is 0 Å². The number of nitrogens with zero attached hydrogens (tertiary/aromatic N) is 2. The molecule has 3 rings (SSSR count). The number of hydrogen-bond acceptors (Lipinski definition) is 3. The van der Waals surface area contributed by atoms with Gasteiger partial charge in [0, 0.05) is 43.3 Å². The van der Waals surface area contributed by atoms with Gasteiger partial charge in [-0.15, -0.1) is 0 Å². The molecule has 5 heteroatoms. The lowest BCUT2D eigenvalue weighted by molar-refractivity contribution is 0.0369. The lowest BCUT2D eigenvalue weighted by atomic mass is 10.1. The first-order valence-corrected chi connectivity index (χ1v) is 7.36. The van der Waals surface area contributed by atoms with Gasteiger partial charge in [-0.2, -0.15) is 0 Å². The van der Waals surface area contributed by atoms with Crippen LogP contribution in [0.3, 0.4) is 0 Å². The quantitative estimate of drug-likeness (QED) is 0.915. The molecule has 21 heavy (non-hydrogen) atoms. The Balaban J connectivity index is 1.63. The number of fused-ring (bicyclic) bond motifs is 1. The van der Waals surface area contributed by atoms with Crippen LogP contribution in [0.25, 0.3) is 10.9 Å². The fourth-order valence-corrected chi connectivity index (χ4v) is 2.82. The minimum absolute atomic E-state index is 0.341. The molecule has 0 radical (unpaired) electrons. The molecule has 1 fully saturated rings. The van der Waals surface area contributed by atoms with Crippen molar-refractivity contribution in [3.63, 3.8) is 0 Å². The number of carboxylic acid groups (broad SMARTS) is 1. The maximum Gasteiger partial charge on any atom is 0.335 e. The molecule has 0 saturated carbocycles. The van der Waals surface area contributed by atoms with Gasteiger partial charge >= 0.3 is 5.97 Å². The van der Waals surface area contributed by atoms with Gasteiger partial charge in [0.25, 0.3) is 0 Å². The number of hydrogen-bond donors (Lipinski definition) is 1. The predicted octanol–water partition coefficient (Wildman–Crippen LogP) is 2.06. The van der Waals surface area contributed by atoms with E-state index in [1.165, 1.54) is 0 Å². The minimum Gasteiger partial charge on any atom is -0.478 e. The smallest absolute Gasteiger partial charge is 0.335 e. The standard InChI is InChI=1S/C16H20N2O3/c19-16(20)14-2-3-15-13(12-14)4-7-18(15)6-1-5-17-8-10-21-11-9-17/h2-4,7,12H,1,5-6,8-11H2,(H,19,20). The zero-order chi connectivity index (χ0) is 14.7. The Hall–Kier alpha value is -1.85. The Morgan fingerprint density at radius 2 is 2.00 bits per heavy atom. The van der Waals surface area contributed by atoms with Crippen molar-refractivity contribution in [3.05, 3.63) is 36.0 Å². The predicted molar refractivity (Wildman–Crippen MR) is 80.8 cm³/mol. The van der Waals surface area contributed by atoms with Crippen molar-refractivity contribution in [2.45, 2.75) is 13.0 Å². The third-order valence-electron chi connectivity index (χ3n) is 4.00. The number of aromatic carboxylic acids is 1. The Labute approximate surface area is 123 Å². The maximum atomic E-state index is 11.0. The van der Waals surface area contributed by atoms with E-state index in [1.807, 2.05) is 18.3 Å². The van der Waals surface area contributed by atoms with Crippen LogP contribution >= 0.6 is 0 Å². The van der Waals surface area contributed by atoms with Gasteiger partial charge in [-0.1, -0.05) is 0 Å². The van der Waals surface area contributed by atoms with Crippen LogP contribution in [-0.2, 0) is 11.3 Å². The van der Waals surface area contributed by atoms with E-state index in [-0.39, 0.29) is 0 Å². The minimum atomic E-state index is -0.878. The second kappa shape index (κ2) is 6.28. The highest BCUT2D eigenvalue weighted by Gasteiger charge is 2.10. The zero-order valence-electron chi connectivity index (χ0n) is 12.0. The third-order valence-corrected chi connectivity index (χ3v) is 4.00. The molecule has 0 amide bonds. The van der Waals surface area contributed by atoms with E-state index >= 15 is 0 Å². The molecule has 1 aromatic heterocycles. The Morgan fingerprint density at radius 1 is 1.19 bits per heavy atom. The van der Waals surface area contributed by atoms with Crippen LogP contribution in [-0.4, -0.2) is 53.4 Å². The molecule has 1 saturated heterocycles. The maximum absolute atomic E-state index is 11.0. The van der Waals surface area contributed by atoms with Crippen molar-refractivity contribution >= 4 is 16.9 Å². The number of ether oxygens (including phenoxy) is 1. The summed E-state index contributed by atoms with van der Waals surface area (Å²) >= 11 is 0. The first kappa shape index (κ1) is 14.1. The summed E-state index contributed by atoms with van der Waals surface area (Å²) in [4.78, 5) is 13.4. The number of aromatic nitrogens is 1. The first-order valence-electron chi connectivity index (χ1n) is 7.36. The Morgan fingerprint density at radius 3 is 2.76 bits per heavy atom. The van der Waals surface area contributed by atoms with Gasteiger partial charge in [-0.05, 0) is 30.7 Å². The molecule has 2 heterocycles. The van der Waals surface area contributed by atoms with E-state index in [4.69, 9.17) is 9.84 Å². The van der Waals surface area contributed by atoms with Gasteiger partial charge in [0.1, 0.15) is 0 Å². The average molecular weight is 288 g/mol. The summed E-state index contributed by atoms with van der Waals surface area (Å²) in [5.74, 6) is -0.878. The molecule has 5 nitrogen and oxygen atoms in total. The molecule has 0 spiro atoms. The number of morpholine rings is 1. The zero-order valence-corrected chi connectivity index (χ0v) is 12.0. The summed E-state index contributed by atoms with van der Waals surface area (Å²) < 4.78 is 7.54. The normalized spacial score (nSPS) is 16.4. The van der Waals surface area contributed by atoms with Crippen molar-refractivity contribution < 1.29 is 14.6 Å². The largest absolute Gasteiger partial charge is 0.478 e. The monoisotopic (exact) mass is 288 g/mol. The van der Waals surface area contributed by atoms with Gasteiger partial charge in [-0.3, -0.25) is 4.90 Å². The van der Waals surface area contributed by atoms with Crippen LogP contribution < -0.4 is 0 Å². The lowest BCUT2D eigenvalue weighted by Gasteiger charge is -2.26. The fraction of sp³-hybridized carbons (Fsp3) is 0.438. The Bertz CT molecular complexity index is 629. The molecule has 112 valence electrons. The van der Waals surface area contributed by atoms with Gasteiger partial charge < -0.3 is 14.4 Å². The van der Waals surface area contributed by atoms with E-state index in [2.05, 4.69) is 9.47 Å². The molecule has 1 N–H and O–H groups in total. The second-order valence-electron chi connectivity index (χ2n) is 5.40. The van der Waals surface area contributed by atoms with Crippen LogP contribution in [0.15, 0.2) is 30.5 Å². The van der Waals surface area contributed by atoms with Crippen molar-refractivity contribution in [2.24, 2.45) is 0 Å². The second-order valence-corrected chi connectivity index (χ2v) is 5.40. The molecule has 0 aliphatic carbocycles. The van der Waals surface area contributed by atoms with Crippen molar-refractivity contribution in [3.8, 4) is 0 Å². The van der Waals surface area contributed by atoms with Gasteiger partial charge in [0.05, 0.1) is 18.8 Å². The number of aryl methyl sites for hydroxylation is 1. The van der Waals surface area contributed by atoms with Crippen molar-refractivity contribution in [1.82, 2.24) is 9.47 Å². The summed E-state index contributed by atoms with van der Waals surface area (Å²) in [5, 5.41) is 10.0. The Kier molecular flexibility index (Phi) is 4.22. The van der Waals surface area contributed by atoms with E-state index in [9.17, 15) is 4.79 Å². The first-order chi connectivity index (χ1) is 10.2. The van der Waals surface area contributed by atoms with Gasteiger partial charge in [0.15, 0.2) is 0 Å². The topological polar surface area (TPSA) is 54.7 Å². The number of rotatable bonds is 5. The van der Waals surface area contributed by atoms with Crippen LogP contribution in [0.1, 0.15) is 16.8 Å². The summed E-state index contributed by atoms with van der Waals surface area (Å²) in [5.41, 5.74) is 1.44. The van der Waals surface area contributed by atoms with Crippen LogP contribution in [0, 0.1) is 0 Å². The molecule has 0 unspecified atom stereocenters. The lowest BCUT2D eigenvalue weighted by Crippen LogP contribution is -2.37. The van der Waals surface area contributed by atoms with Crippen molar-refractivity contribution in [1.29, 1.82) is 0 Å². The summed E-state index contributed by atoms with van der Waals surface area (Å²) in [7, 11) is 0. The van der Waals surface area contributed by atoms with Gasteiger partial charge in [0.2, 0.25) is 0 Å². The fourth-order valence-electron chi connectivity index (χ4n) is 2.82. The SMILES string of the molecule is O=C(O)c1ccc2c(ccn2CCCN2CCOCC2)c1. The van der Waals surface area contributed by atoms with Gasteiger partial charge in [-0.25, -0.2) is 4.79 Å². The summed E-state index contributed by atoms with van der Waals surface area (Å²) in [6, 6.07) is 7.28. The third kappa shape index (κ3) is 3.25. The van der Waals surface area contributed by atoms with E-state index in [0.29, 0.717) is 5.56 Å². The molecule has 1 aliphatic heterocycles. The molecular weight excluding hydrogens is 268 g/mol. The molecule has 0 bridgehead atoms. The average Bonchev–Trinajstić information content (AvgIpc) is 2.91. The van der Waals surface area contributed by atoms with Crippen LogP contribution in [0.4, 0.5) is 0 Å². The molecule has 1 aromatic carbocycles. The van der Waals surface area contributed by atoms with E-state index in [0.717, 1.165) is 56.7 Å². The molecule has 1 aliphatic rings. The molecular formula is C16H20N2O3. The summed E-state index contributed by atoms with van der Waals surface area (Å²) in [6.07, 6.45) is 3.13. The van der Waals surface area contributed by atoms with E-state index in [1.54, 1.807) is 12.1 Å². The van der Waals surface area contributed by atoms with Crippen LogP contribution in [0.2, 0.25) is 0 Å². The summed E-state index contributed by atoms with van der Waals surface area (Å²) in [6.45, 7) is 5.75. The highest BCUT2D eigenvalue weighted by Crippen LogP contribution is 2.18. The number of carboxylic acids is 1. The molecule has 0 atom stereocenters.